The van der Waals surface area contributed by atoms with Crippen LogP contribution in [-0.2, 0) is 9.59 Å². The Labute approximate surface area is 117 Å². The van der Waals surface area contributed by atoms with Crippen LogP contribution in [0.4, 0.5) is 5.69 Å². The minimum atomic E-state index is -0.275. The van der Waals surface area contributed by atoms with Gasteiger partial charge in [-0.2, -0.15) is 0 Å². The Hall–Kier alpha value is -2.24. The van der Waals surface area contributed by atoms with Crippen molar-refractivity contribution in [3.8, 4) is 11.5 Å². The second-order valence-electron chi connectivity index (χ2n) is 5.12. The number of ether oxygens (including phenoxy) is 1. The maximum atomic E-state index is 11.9. The van der Waals surface area contributed by atoms with Crippen molar-refractivity contribution in [1.29, 1.82) is 0 Å². The van der Waals surface area contributed by atoms with Crippen LogP contribution in [0.15, 0.2) is 18.2 Å². The van der Waals surface area contributed by atoms with Gasteiger partial charge in [0.15, 0.2) is 6.61 Å². The highest BCUT2D eigenvalue weighted by atomic mass is 16.5. The lowest BCUT2D eigenvalue weighted by atomic mass is 10.2. The van der Waals surface area contributed by atoms with E-state index in [1.807, 2.05) is 13.8 Å². The number of aromatic hydroxyl groups is 1. The largest absolute Gasteiger partial charge is 0.508 e. The number of hydrogen-bond donors (Lipinski definition) is 2. The van der Waals surface area contributed by atoms with Crippen LogP contribution in [-0.4, -0.2) is 36.6 Å². The summed E-state index contributed by atoms with van der Waals surface area (Å²) in [5.41, 5.74) is 0.499. The predicted molar refractivity (Wildman–Crippen MR) is 73.8 cm³/mol. The number of phenolic OH excluding ortho intramolecular Hbond substituents is 1. The van der Waals surface area contributed by atoms with Gasteiger partial charge in [0.1, 0.15) is 18.0 Å². The van der Waals surface area contributed by atoms with Gasteiger partial charge in [-0.1, -0.05) is 13.8 Å². The topological polar surface area (TPSA) is 78.9 Å². The van der Waals surface area contributed by atoms with Gasteiger partial charge in [-0.05, 0) is 18.1 Å². The van der Waals surface area contributed by atoms with E-state index in [1.165, 1.54) is 17.0 Å². The molecular formula is C14H18N2O4. The second-order valence-corrected chi connectivity index (χ2v) is 5.12. The molecule has 1 heterocycles. The van der Waals surface area contributed by atoms with E-state index < -0.39 is 0 Å². The molecule has 2 rings (SSSR count). The molecule has 0 saturated carbocycles. The van der Waals surface area contributed by atoms with Gasteiger partial charge in [0.25, 0.3) is 5.91 Å². The van der Waals surface area contributed by atoms with E-state index in [9.17, 15) is 14.7 Å². The van der Waals surface area contributed by atoms with Crippen molar-refractivity contribution >= 4 is 17.5 Å². The van der Waals surface area contributed by atoms with Crippen LogP contribution in [0.1, 0.15) is 13.8 Å². The zero-order valence-corrected chi connectivity index (χ0v) is 11.5. The van der Waals surface area contributed by atoms with E-state index in [1.54, 1.807) is 6.07 Å². The van der Waals surface area contributed by atoms with Crippen molar-refractivity contribution in [2.75, 3.05) is 24.6 Å². The van der Waals surface area contributed by atoms with Gasteiger partial charge >= 0.3 is 0 Å². The first-order valence-corrected chi connectivity index (χ1v) is 6.50. The molecule has 1 aliphatic heterocycles. The van der Waals surface area contributed by atoms with E-state index in [-0.39, 0.29) is 30.7 Å². The molecule has 108 valence electrons. The Morgan fingerprint density at radius 2 is 2.25 bits per heavy atom. The number of fused-ring (bicyclic) bond motifs is 1. The number of phenols is 1. The Kier molecular flexibility index (Phi) is 4.12. The lowest BCUT2D eigenvalue weighted by Crippen LogP contribution is -2.45. The molecule has 2 N–H and O–H groups in total. The number of benzene rings is 1. The molecular weight excluding hydrogens is 260 g/mol. The van der Waals surface area contributed by atoms with Gasteiger partial charge in [-0.25, -0.2) is 0 Å². The first-order chi connectivity index (χ1) is 9.47. The monoisotopic (exact) mass is 278 g/mol. The zero-order chi connectivity index (χ0) is 14.7. The first kappa shape index (κ1) is 14.2. The van der Waals surface area contributed by atoms with Crippen LogP contribution in [0.5, 0.6) is 11.5 Å². The summed E-state index contributed by atoms with van der Waals surface area (Å²) in [6.07, 6.45) is 0. The van der Waals surface area contributed by atoms with Crippen LogP contribution in [0.25, 0.3) is 0 Å². The second kappa shape index (κ2) is 5.81. The average Bonchev–Trinajstić information content (AvgIpc) is 2.39. The molecule has 0 saturated heterocycles. The van der Waals surface area contributed by atoms with Crippen molar-refractivity contribution in [1.82, 2.24) is 5.32 Å². The Morgan fingerprint density at radius 3 is 2.95 bits per heavy atom. The molecule has 20 heavy (non-hydrogen) atoms. The predicted octanol–water partition coefficient (Wildman–Crippen LogP) is 0.890. The van der Waals surface area contributed by atoms with Crippen LogP contribution in [0, 0.1) is 5.92 Å². The van der Waals surface area contributed by atoms with Gasteiger partial charge < -0.3 is 15.2 Å². The summed E-state index contributed by atoms with van der Waals surface area (Å²) < 4.78 is 5.24. The molecule has 0 aromatic heterocycles. The summed E-state index contributed by atoms with van der Waals surface area (Å²) in [5.74, 6) is 0.322. The normalized spacial score (nSPS) is 13.9. The lowest BCUT2D eigenvalue weighted by molar-refractivity contribution is -0.125. The van der Waals surface area contributed by atoms with Crippen LogP contribution in [0.2, 0.25) is 0 Å². The Balaban J connectivity index is 2.11. The third-order valence-corrected chi connectivity index (χ3v) is 2.90. The Bertz CT molecular complexity index is 528. The molecule has 1 aliphatic rings. The number of hydrogen-bond acceptors (Lipinski definition) is 4. The highest BCUT2D eigenvalue weighted by molar-refractivity contribution is 6.02. The highest BCUT2D eigenvalue weighted by Crippen LogP contribution is 2.34. The molecule has 1 aromatic carbocycles. The molecule has 2 amide bonds. The summed E-state index contributed by atoms with van der Waals surface area (Å²) in [5, 5.41) is 12.2. The summed E-state index contributed by atoms with van der Waals surface area (Å²) >= 11 is 0. The standard InChI is InChI=1S/C14H18N2O4/c1-9(2)6-15-13(18)7-16-11-4-3-10(17)5-12(11)20-8-14(16)19/h3-5,9,17H,6-8H2,1-2H3,(H,15,18). The molecule has 0 bridgehead atoms. The number of nitrogens with zero attached hydrogens (tertiary/aromatic N) is 1. The lowest BCUT2D eigenvalue weighted by Gasteiger charge is -2.29. The number of nitrogens with one attached hydrogen (secondary N) is 1. The van der Waals surface area contributed by atoms with Crippen LogP contribution >= 0.6 is 0 Å². The third kappa shape index (κ3) is 3.20. The van der Waals surface area contributed by atoms with Crippen molar-refractivity contribution in [2.45, 2.75) is 13.8 Å². The maximum absolute atomic E-state index is 11.9. The fourth-order valence-corrected chi connectivity index (χ4v) is 1.88. The molecule has 0 atom stereocenters. The van der Waals surface area contributed by atoms with E-state index in [0.717, 1.165) is 0 Å². The SMILES string of the molecule is CC(C)CNC(=O)CN1C(=O)COc2cc(O)ccc21. The van der Waals surface area contributed by atoms with E-state index in [2.05, 4.69) is 5.32 Å². The van der Waals surface area contributed by atoms with Crippen molar-refractivity contribution in [3.05, 3.63) is 18.2 Å². The van der Waals surface area contributed by atoms with Gasteiger partial charge in [0.2, 0.25) is 5.91 Å². The molecule has 0 fully saturated rings. The van der Waals surface area contributed by atoms with Gasteiger partial charge in [0.05, 0.1) is 5.69 Å². The summed E-state index contributed by atoms with van der Waals surface area (Å²) in [4.78, 5) is 25.1. The van der Waals surface area contributed by atoms with Crippen molar-refractivity contribution < 1.29 is 19.4 Å². The number of rotatable bonds is 4. The molecule has 0 radical (unpaired) electrons. The highest BCUT2D eigenvalue weighted by Gasteiger charge is 2.27. The van der Waals surface area contributed by atoms with Gasteiger partial charge in [-0.3, -0.25) is 14.5 Å². The van der Waals surface area contributed by atoms with E-state index >= 15 is 0 Å². The summed E-state index contributed by atoms with van der Waals surface area (Å²) in [6, 6.07) is 4.46. The molecule has 6 heteroatoms. The van der Waals surface area contributed by atoms with E-state index in [4.69, 9.17) is 4.74 Å². The third-order valence-electron chi connectivity index (χ3n) is 2.90. The van der Waals surface area contributed by atoms with Crippen LogP contribution in [0.3, 0.4) is 0 Å². The molecule has 0 aliphatic carbocycles. The smallest absolute Gasteiger partial charge is 0.265 e. The zero-order valence-electron chi connectivity index (χ0n) is 11.5. The van der Waals surface area contributed by atoms with Gasteiger partial charge in [-0.15, -0.1) is 0 Å². The quantitative estimate of drug-likeness (QED) is 0.857. The average molecular weight is 278 g/mol. The van der Waals surface area contributed by atoms with Crippen molar-refractivity contribution in [3.63, 3.8) is 0 Å². The van der Waals surface area contributed by atoms with Crippen molar-refractivity contribution in [2.24, 2.45) is 5.92 Å². The molecule has 0 unspecified atom stereocenters. The molecule has 1 aromatic rings. The first-order valence-electron chi connectivity index (χ1n) is 6.50. The summed E-state index contributed by atoms with van der Waals surface area (Å²) in [6.45, 7) is 4.39. The minimum absolute atomic E-state index is 0.0489. The Morgan fingerprint density at radius 1 is 1.50 bits per heavy atom. The fourth-order valence-electron chi connectivity index (χ4n) is 1.88. The molecule has 6 nitrogen and oxygen atoms in total. The molecule has 0 spiro atoms. The number of carbonyl (C=O) groups is 2. The number of anilines is 1. The summed E-state index contributed by atoms with van der Waals surface area (Å²) in [7, 11) is 0. The fraction of sp³-hybridized carbons (Fsp3) is 0.429. The van der Waals surface area contributed by atoms with Gasteiger partial charge in [0, 0.05) is 12.6 Å². The number of carbonyl (C=O) groups excluding carboxylic acids is 2. The maximum Gasteiger partial charge on any atom is 0.265 e. The minimum Gasteiger partial charge on any atom is -0.508 e. The van der Waals surface area contributed by atoms with E-state index in [0.29, 0.717) is 23.9 Å². The van der Waals surface area contributed by atoms with Crippen LogP contribution < -0.4 is 15.0 Å². The number of amides is 2.